The van der Waals surface area contributed by atoms with Crippen molar-refractivity contribution in [2.24, 2.45) is 0 Å². The van der Waals surface area contributed by atoms with Gasteiger partial charge < -0.3 is 19.5 Å². The van der Waals surface area contributed by atoms with Gasteiger partial charge in [0.2, 0.25) is 0 Å². The van der Waals surface area contributed by atoms with Gasteiger partial charge in [-0.25, -0.2) is 4.68 Å². The van der Waals surface area contributed by atoms with Crippen LogP contribution in [0.15, 0.2) is 79.0 Å². The van der Waals surface area contributed by atoms with Gasteiger partial charge in [0.1, 0.15) is 17.2 Å². The van der Waals surface area contributed by atoms with E-state index in [2.05, 4.69) is 16.3 Å². The lowest BCUT2D eigenvalue weighted by atomic mass is 10.1. The van der Waals surface area contributed by atoms with Crippen LogP contribution in [-0.2, 0) is 11.3 Å². The number of carbonyl (C=O) groups excluding carboxylic acids is 1. The molecule has 190 valence electrons. The molecule has 37 heavy (non-hydrogen) atoms. The van der Waals surface area contributed by atoms with Crippen LogP contribution in [0.4, 0.5) is 5.69 Å². The zero-order valence-corrected chi connectivity index (χ0v) is 21.0. The molecule has 0 atom stereocenters. The van der Waals surface area contributed by atoms with Gasteiger partial charge in [0.15, 0.2) is 0 Å². The van der Waals surface area contributed by atoms with E-state index in [1.165, 1.54) is 0 Å². The predicted octanol–water partition coefficient (Wildman–Crippen LogP) is 4.64. The maximum Gasteiger partial charge on any atom is 0.259 e. The van der Waals surface area contributed by atoms with Gasteiger partial charge in [-0.1, -0.05) is 30.3 Å². The Morgan fingerprint density at radius 3 is 2.54 bits per heavy atom. The van der Waals surface area contributed by atoms with E-state index in [9.17, 15) is 4.79 Å². The van der Waals surface area contributed by atoms with Crippen molar-refractivity contribution in [2.75, 3.05) is 45.8 Å². The molecule has 1 aliphatic heterocycles. The van der Waals surface area contributed by atoms with E-state index in [4.69, 9.17) is 19.3 Å². The van der Waals surface area contributed by atoms with Gasteiger partial charge >= 0.3 is 0 Å². The lowest BCUT2D eigenvalue weighted by Gasteiger charge is -2.26. The van der Waals surface area contributed by atoms with Crippen LogP contribution in [0.2, 0.25) is 0 Å². The molecule has 2 heterocycles. The van der Waals surface area contributed by atoms with E-state index in [0.717, 1.165) is 49.8 Å². The summed E-state index contributed by atoms with van der Waals surface area (Å²) in [5.41, 5.74) is 4.30. The van der Waals surface area contributed by atoms with E-state index >= 15 is 0 Å². The van der Waals surface area contributed by atoms with Gasteiger partial charge in [0.25, 0.3) is 5.91 Å². The van der Waals surface area contributed by atoms with Crippen molar-refractivity contribution >= 4 is 11.6 Å². The highest BCUT2D eigenvalue weighted by molar-refractivity contribution is 6.08. The topological polar surface area (TPSA) is 77.8 Å². The van der Waals surface area contributed by atoms with E-state index in [1.54, 1.807) is 25.1 Å². The fourth-order valence-electron chi connectivity index (χ4n) is 4.41. The minimum Gasteiger partial charge on any atom is -0.497 e. The van der Waals surface area contributed by atoms with Crippen LogP contribution < -0.4 is 14.8 Å². The number of amides is 1. The van der Waals surface area contributed by atoms with Crippen LogP contribution in [0.5, 0.6) is 11.5 Å². The van der Waals surface area contributed by atoms with Crippen molar-refractivity contribution in [3.63, 3.8) is 0 Å². The fraction of sp³-hybridized carbons (Fsp3) is 0.241. The van der Waals surface area contributed by atoms with Gasteiger partial charge in [-0.2, -0.15) is 5.10 Å². The fourth-order valence-corrected chi connectivity index (χ4v) is 4.41. The SMILES string of the molecule is COc1ccc(OC)c(-c2nn(-c3ccccc3)cc2C(=O)Nc2cccc(CN3CCOCC3)c2)c1. The Balaban J connectivity index is 1.48. The normalized spacial score (nSPS) is 13.8. The molecule has 1 amide bonds. The number of para-hydroxylation sites is 1. The highest BCUT2D eigenvalue weighted by Crippen LogP contribution is 2.35. The molecule has 0 saturated carbocycles. The smallest absolute Gasteiger partial charge is 0.259 e. The lowest BCUT2D eigenvalue weighted by molar-refractivity contribution is 0.0342. The van der Waals surface area contributed by atoms with Crippen molar-refractivity contribution in [1.29, 1.82) is 0 Å². The molecule has 8 nitrogen and oxygen atoms in total. The second-order valence-corrected chi connectivity index (χ2v) is 8.78. The Labute approximate surface area is 216 Å². The number of carbonyl (C=O) groups is 1. The summed E-state index contributed by atoms with van der Waals surface area (Å²) in [6, 6.07) is 23.1. The molecule has 8 heteroatoms. The summed E-state index contributed by atoms with van der Waals surface area (Å²) < 4.78 is 18.2. The first-order valence-corrected chi connectivity index (χ1v) is 12.2. The average molecular weight is 499 g/mol. The molecule has 3 aromatic carbocycles. The highest BCUT2D eigenvalue weighted by atomic mass is 16.5. The van der Waals surface area contributed by atoms with Gasteiger partial charge in [-0.3, -0.25) is 9.69 Å². The largest absolute Gasteiger partial charge is 0.497 e. The highest BCUT2D eigenvalue weighted by Gasteiger charge is 2.22. The number of nitrogens with zero attached hydrogens (tertiary/aromatic N) is 3. The summed E-state index contributed by atoms with van der Waals surface area (Å²) in [6.07, 6.45) is 1.75. The molecule has 0 unspecified atom stereocenters. The van der Waals surface area contributed by atoms with E-state index in [0.29, 0.717) is 28.3 Å². The Kier molecular flexibility index (Phi) is 7.49. The van der Waals surface area contributed by atoms with Crippen LogP contribution in [0.3, 0.4) is 0 Å². The summed E-state index contributed by atoms with van der Waals surface area (Å²) >= 11 is 0. The first kappa shape index (κ1) is 24.5. The van der Waals surface area contributed by atoms with E-state index in [-0.39, 0.29) is 5.91 Å². The third-order valence-corrected chi connectivity index (χ3v) is 6.34. The number of ether oxygens (including phenoxy) is 3. The Bertz CT molecular complexity index is 1360. The van der Waals surface area contributed by atoms with Crippen molar-refractivity contribution in [2.45, 2.75) is 6.54 Å². The Morgan fingerprint density at radius 2 is 1.78 bits per heavy atom. The van der Waals surface area contributed by atoms with Crippen molar-refractivity contribution in [3.8, 4) is 28.4 Å². The van der Waals surface area contributed by atoms with Gasteiger partial charge in [-0.15, -0.1) is 0 Å². The number of morpholine rings is 1. The minimum atomic E-state index is -0.259. The number of hydrogen-bond acceptors (Lipinski definition) is 6. The average Bonchev–Trinajstić information content (AvgIpc) is 3.40. The Morgan fingerprint density at radius 1 is 0.973 bits per heavy atom. The Hall–Kier alpha value is -4.14. The van der Waals surface area contributed by atoms with Crippen LogP contribution in [0.1, 0.15) is 15.9 Å². The minimum absolute atomic E-state index is 0.259. The third kappa shape index (κ3) is 5.66. The van der Waals surface area contributed by atoms with Crippen LogP contribution >= 0.6 is 0 Å². The number of hydrogen-bond donors (Lipinski definition) is 1. The summed E-state index contributed by atoms with van der Waals surface area (Å²) in [5.74, 6) is 0.985. The molecule has 1 saturated heterocycles. The monoisotopic (exact) mass is 498 g/mol. The number of rotatable bonds is 8. The van der Waals surface area contributed by atoms with Crippen molar-refractivity contribution < 1.29 is 19.0 Å². The van der Waals surface area contributed by atoms with Crippen LogP contribution in [0, 0.1) is 0 Å². The van der Waals surface area contributed by atoms with Gasteiger partial charge in [0, 0.05) is 37.1 Å². The van der Waals surface area contributed by atoms with Crippen molar-refractivity contribution in [3.05, 3.63) is 90.1 Å². The summed E-state index contributed by atoms with van der Waals surface area (Å²) in [7, 11) is 3.20. The molecule has 0 spiro atoms. The van der Waals surface area contributed by atoms with Gasteiger partial charge in [0.05, 0.1) is 38.7 Å². The predicted molar refractivity (Wildman–Crippen MR) is 143 cm³/mol. The molecule has 0 aliphatic carbocycles. The quantitative estimate of drug-likeness (QED) is 0.381. The van der Waals surface area contributed by atoms with E-state index < -0.39 is 0 Å². The second kappa shape index (κ2) is 11.3. The zero-order chi connectivity index (χ0) is 25.6. The molecule has 1 aliphatic rings. The number of benzene rings is 3. The molecular formula is C29H30N4O4. The molecule has 1 N–H and O–H groups in total. The summed E-state index contributed by atoms with van der Waals surface area (Å²) in [4.78, 5) is 16.0. The van der Waals surface area contributed by atoms with E-state index in [1.807, 2.05) is 66.7 Å². The van der Waals surface area contributed by atoms with Gasteiger partial charge in [-0.05, 0) is 48.0 Å². The number of anilines is 1. The maximum absolute atomic E-state index is 13.6. The van der Waals surface area contributed by atoms with Crippen LogP contribution in [-0.4, -0.2) is 61.1 Å². The second-order valence-electron chi connectivity index (χ2n) is 8.78. The first-order chi connectivity index (χ1) is 18.1. The number of nitrogens with one attached hydrogen (secondary N) is 1. The lowest BCUT2D eigenvalue weighted by Crippen LogP contribution is -2.35. The molecule has 0 radical (unpaired) electrons. The molecular weight excluding hydrogens is 468 g/mol. The first-order valence-electron chi connectivity index (χ1n) is 12.2. The van der Waals surface area contributed by atoms with Crippen LogP contribution in [0.25, 0.3) is 16.9 Å². The van der Waals surface area contributed by atoms with Crippen molar-refractivity contribution in [1.82, 2.24) is 14.7 Å². The molecule has 1 fully saturated rings. The standard InChI is InChI=1S/C29H30N4O4/c1-35-24-11-12-27(36-2)25(18-24)28-26(20-33(31-28)23-9-4-3-5-10-23)29(34)30-22-8-6-7-21(17-22)19-32-13-15-37-16-14-32/h3-12,17-18,20H,13-16,19H2,1-2H3,(H,30,34). The molecule has 0 bridgehead atoms. The number of aromatic nitrogens is 2. The number of methoxy groups -OCH3 is 2. The molecule has 1 aromatic heterocycles. The molecule has 4 aromatic rings. The third-order valence-electron chi connectivity index (χ3n) is 6.34. The summed E-state index contributed by atoms with van der Waals surface area (Å²) in [6.45, 7) is 4.12. The molecule has 5 rings (SSSR count). The summed E-state index contributed by atoms with van der Waals surface area (Å²) in [5, 5.41) is 7.86. The zero-order valence-electron chi connectivity index (χ0n) is 21.0. The maximum atomic E-state index is 13.6.